The van der Waals surface area contributed by atoms with E-state index in [-0.39, 0.29) is 36.1 Å². The van der Waals surface area contributed by atoms with Crippen molar-refractivity contribution in [1.29, 1.82) is 0 Å². The number of anilines is 1. The zero-order valence-electron chi connectivity index (χ0n) is 17.5. The quantitative estimate of drug-likeness (QED) is 0.366. The van der Waals surface area contributed by atoms with Gasteiger partial charge in [-0.1, -0.05) is 6.07 Å². The number of rotatable bonds is 7. The Morgan fingerprint density at radius 3 is 2.47 bits per heavy atom. The normalized spacial score (nSPS) is 14.2. The molecule has 34 heavy (non-hydrogen) atoms. The highest BCUT2D eigenvalue weighted by atomic mass is 19.4. The third-order valence-electron chi connectivity index (χ3n) is 5.25. The summed E-state index contributed by atoms with van der Waals surface area (Å²) in [5, 5.41) is 9.31. The van der Waals surface area contributed by atoms with Crippen molar-refractivity contribution in [3.63, 3.8) is 0 Å². The van der Waals surface area contributed by atoms with Crippen LogP contribution >= 0.6 is 0 Å². The van der Waals surface area contributed by atoms with Crippen LogP contribution in [0.3, 0.4) is 0 Å². The first kappa shape index (κ1) is 23.6. The number of benzene rings is 1. The van der Waals surface area contributed by atoms with E-state index in [2.05, 4.69) is 20.7 Å². The maximum atomic E-state index is 13.1. The van der Waals surface area contributed by atoms with Crippen molar-refractivity contribution in [2.75, 3.05) is 18.4 Å². The van der Waals surface area contributed by atoms with E-state index in [1.807, 2.05) is 0 Å². The van der Waals surface area contributed by atoms with Crippen LogP contribution in [0.25, 0.3) is 5.69 Å². The zero-order chi connectivity index (χ0) is 24.5. The van der Waals surface area contributed by atoms with E-state index in [1.54, 1.807) is 0 Å². The predicted molar refractivity (Wildman–Crippen MR) is 111 cm³/mol. The number of nitrogens with one attached hydrogen (secondary N) is 2. The summed E-state index contributed by atoms with van der Waals surface area (Å²) in [6.45, 7) is -0.0299. The summed E-state index contributed by atoms with van der Waals surface area (Å²) in [7, 11) is 0. The van der Waals surface area contributed by atoms with Gasteiger partial charge in [-0.25, -0.2) is 9.67 Å². The van der Waals surface area contributed by atoms with E-state index in [0.29, 0.717) is 5.69 Å². The Morgan fingerprint density at radius 1 is 1.03 bits per heavy atom. The number of carbonyl (C=O) groups is 1. The van der Waals surface area contributed by atoms with Gasteiger partial charge in [0.1, 0.15) is 5.82 Å². The molecule has 1 amide bonds. The number of halogens is 6. The summed E-state index contributed by atoms with van der Waals surface area (Å²) in [4.78, 5) is 16.4. The number of hydrogen-bond donors (Lipinski definition) is 2. The average molecular weight is 483 g/mol. The molecule has 3 aromatic rings. The second-order valence-corrected chi connectivity index (χ2v) is 7.76. The number of nitrogens with zero attached hydrogens (tertiary/aromatic N) is 3. The van der Waals surface area contributed by atoms with Gasteiger partial charge in [0.15, 0.2) is 0 Å². The molecule has 1 aliphatic rings. The van der Waals surface area contributed by atoms with Crippen LogP contribution in [0.4, 0.5) is 32.2 Å². The maximum Gasteiger partial charge on any atom is 0.419 e. The second-order valence-electron chi connectivity index (χ2n) is 7.76. The molecule has 0 unspecified atom stereocenters. The first-order valence-electron chi connectivity index (χ1n) is 10.4. The number of pyridine rings is 1. The van der Waals surface area contributed by atoms with Crippen LogP contribution in [-0.2, 0) is 12.4 Å². The second kappa shape index (κ2) is 8.99. The maximum absolute atomic E-state index is 13.1. The lowest BCUT2D eigenvalue weighted by atomic mass is 10.1. The molecule has 2 aromatic heterocycles. The SMILES string of the molecule is O=C(NCCNc1ncccc1C(F)(F)F)c1cnn(-c2cccc(C(F)(F)F)c2)c1C1CC1. The van der Waals surface area contributed by atoms with E-state index in [0.717, 1.165) is 31.0 Å². The minimum Gasteiger partial charge on any atom is -0.368 e. The molecular weight excluding hydrogens is 464 g/mol. The van der Waals surface area contributed by atoms with Crippen LogP contribution in [0.5, 0.6) is 0 Å². The minimum atomic E-state index is -4.57. The Morgan fingerprint density at radius 2 is 1.79 bits per heavy atom. The highest BCUT2D eigenvalue weighted by Crippen LogP contribution is 2.43. The van der Waals surface area contributed by atoms with Gasteiger partial charge in [-0.05, 0) is 43.2 Å². The lowest BCUT2D eigenvalue weighted by Gasteiger charge is -2.14. The molecule has 0 spiro atoms. The molecule has 4 rings (SSSR count). The monoisotopic (exact) mass is 483 g/mol. The Kier molecular flexibility index (Phi) is 6.24. The largest absolute Gasteiger partial charge is 0.419 e. The fraction of sp³-hybridized carbons (Fsp3) is 0.318. The van der Waals surface area contributed by atoms with Crippen LogP contribution in [0.15, 0.2) is 48.8 Å². The Balaban J connectivity index is 1.46. The number of amides is 1. The van der Waals surface area contributed by atoms with Gasteiger partial charge in [0, 0.05) is 25.2 Å². The molecule has 0 bridgehead atoms. The van der Waals surface area contributed by atoms with E-state index in [4.69, 9.17) is 0 Å². The highest BCUT2D eigenvalue weighted by Gasteiger charge is 2.35. The highest BCUT2D eigenvalue weighted by molar-refractivity contribution is 5.95. The molecule has 6 nitrogen and oxygen atoms in total. The van der Waals surface area contributed by atoms with Gasteiger partial charge in [-0.2, -0.15) is 31.4 Å². The van der Waals surface area contributed by atoms with E-state index >= 15 is 0 Å². The molecule has 0 aliphatic heterocycles. The van der Waals surface area contributed by atoms with Gasteiger partial charge in [-0.3, -0.25) is 4.79 Å². The lowest BCUT2D eigenvalue weighted by Crippen LogP contribution is -2.30. The summed E-state index contributed by atoms with van der Waals surface area (Å²) >= 11 is 0. The Hall–Kier alpha value is -3.57. The van der Waals surface area contributed by atoms with Crippen molar-refractivity contribution in [2.45, 2.75) is 31.1 Å². The van der Waals surface area contributed by atoms with Crippen molar-refractivity contribution >= 4 is 11.7 Å². The lowest BCUT2D eigenvalue weighted by molar-refractivity contribution is -0.138. The average Bonchev–Trinajstić information content (AvgIpc) is 3.53. The minimum absolute atomic E-state index is 0.00838. The van der Waals surface area contributed by atoms with Crippen molar-refractivity contribution in [3.05, 3.63) is 71.2 Å². The molecule has 180 valence electrons. The van der Waals surface area contributed by atoms with E-state index < -0.39 is 29.4 Å². The smallest absolute Gasteiger partial charge is 0.368 e. The van der Waals surface area contributed by atoms with Crippen molar-refractivity contribution in [2.24, 2.45) is 0 Å². The van der Waals surface area contributed by atoms with Gasteiger partial charge in [0.25, 0.3) is 5.91 Å². The first-order valence-corrected chi connectivity index (χ1v) is 10.4. The third-order valence-corrected chi connectivity index (χ3v) is 5.25. The van der Waals surface area contributed by atoms with E-state index in [9.17, 15) is 31.1 Å². The van der Waals surface area contributed by atoms with Gasteiger partial charge in [0.2, 0.25) is 0 Å². The molecule has 0 saturated heterocycles. The Bertz CT molecular complexity index is 1180. The fourth-order valence-corrected chi connectivity index (χ4v) is 3.53. The van der Waals surface area contributed by atoms with Crippen LogP contribution in [-0.4, -0.2) is 33.8 Å². The molecule has 1 aromatic carbocycles. The molecule has 2 heterocycles. The van der Waals surface area contributed by atoms with Crippen molar-refractivity contribution in [1.82, 2.24) is 20.1 Å². The number of aromatic nitrogens is 3. The van der Waals surface area contributed by atoms with Gasteiger partial charge in [-0.15, -0.1) is 0 Å². The van der Waals surface area contributed by atoms with Crippen LogP contribution in [0.2, 0.25) is 0 Å². The molecule has 0 atom stereocenters. The summed E-state index contributed by atoms with van der Waals surface area (Å²) in [5.74, 6) is -0.877. The summed E-state index contributed by atoms with van der Waals surface area (Å²) in [6.07, 6.45) is -5.04. The molecule has 0 radical (unpaired) electrons. The predicted octanol–water partition coefficient (Wildman–Crippen LogP) is 5.02. The fourth-order valence-electron chi connectivity index (χ4n) is 3.53. The van der Waals surface area contributed by atoms with Crippen molar-refractivity contribution in [3.8, 4) is 5.69 Å². The summed E-state index contributed by atoms with van der Waals surface area (Å²) < 4.78 is 79.8. The summed E-state index contributed by atoms with van der Waals surface area (Å²) in [5.41, 5.74) is -0.832. The molecule has 1 saturated carbocycles. The standard InChI is InChI=1S/C22H19F6N5O/c23-21(24,25)14-3-1-4-15(11-14)33-18(13-6-7-13)16(12-32-33)20(34)31-10-9-30-19-17(22(26,27)28)5-2-8-29-19/h1-5,8,11-13H,6-7,9-10H2,(H,29,30)(H,31,34). The van der Waals surface area contributed by atoms with Crippen LogP contribution in [0.1, 0.15) is 45.9 Å². The van der Waals surface area contributed by atoms with Gasteiger partial charge >= 0.3 is 12.4 Å². The van der Waals surface area contributed by atoms with Crippen molar-refractivity contribution < 1.29 is 31.1 Å². The molecule has 2 N–H and O–H groups in total. The first-order chi connectivity index (χ1) is 16.1. The number of carbonyl (C=O) groups excluding carboxylic acids is 1. The number of alkyl halides is 6. The van der Waals surface area contributed by atoms with E-state index in [1.165, 1.54) is 35.3 Å². The molecule has 1 fully saturated rings. The molecule has 1 aliphatic carbocycles. The van der Waals surface area contributed by atoms with Crippen LogP contribution < -0.4 is 10.6 Å². The molecule has 12 heteroatoms. The Labute approximate surface area is 190 Å². The summed E-state index contributed by atoms with van der Waals surface area (Å²) in [6, 6.07) is 6.75. The third kappa shape index (κ3) is 5.15. The van der Waals surface area contributed by atoms with Crippen LogP contribution in [0, 0.1) is 0 Å². The topological polar surface area (TPSA) is 71.8 Å². The van der Waals surface area contributed by atoms with Gasteiger partial charge in [0.05, 0.1) is 34.3 Å². The van der Waals surface area contributed by atoms with Gasteiger partial charge < -0.3 is 10.6 Å². The number of hydrogen-bond acceptors (Lipinski definition) is 4. The zero-order valence-corrected chi connectivity index (χ0v) is 17.5. The molecular formula is C22H19F6N5O.